The van der Waals surface area contributed by atoms with Crippen molar-refractivity contribution in [2.45, 2.75) is 45.6 Å². The zero-order chi connectivity index (χ0) is 13.5. The Bertz CT molecular complexity index is 501. The highest BCUT2D eigenvalue weighted by molar-refractivity contribution is 14.1. The van der Waals surface area contributed by atoms with E-state index in [2.05, 4.69) is 53.3 Å². The van der Waals surface area contributed by atoms with Gasteiger partial charge in [0, 0.05) is 13.0 Å². The Morgan fingerprint density at radius 1 is 1.44 bits per heavy atom. The number of hydrogen-bond acceptors (Lipinski definition) is 3. The third-order valence-electron chi connectivity index (χ3n) is 3.14. The van der Waals surface area contributed by atoms with Crippen LogP contribution in [0.5, 0.6) is 0 Å². The van der Waals surface area contributed by atoms with Crippen LogP contribution in [0.4, 0.5) is 0 Å². The van der Waals surface area contributed by atoms with Gasteiger partial charge in [-0.05, 0) is 40.8 Å². The second-order valence-electron chi connectivity index (χ2n) is 5.91. The van der Waals surface area contributed by atoms with Gasteiger partial charge in [0.15, 0.2) is 0 Å². The Morgan fingerprint density at radius 2 is 2.06 bits per heavy atom. The molecular weight excluding hydrogens is 343 g/mol. The molecule has 0 saturated heterocycles. The molecule has 0 spiro atoms. The fraction of sp³-hybridized carbons (Fsp3) is 0.692. The minimum absolute atomic E-state index is 0.0474. The normalized spacial score (nSPS) is 17.8. The van der Waals surface area contributed by atoms with Crippen LogP contribution in [0.1, 0.15) is 57.2 Å². The van der Waals surface area contributed by atoms with Crippen LogP contribution in [0.3, 0.4) is 0 Å². The molecule has 0 aliphatic heterocycles. The van der Waals surface area contributed by atoms with Crippen LogP contribution in [0.25, 0.3) is 0 Å². The molecule has 1 aliphatic rings. The second-order valence-corrected chi connectivity index (χ2v) is 6.99. The van der Waals surface area contributed by atoms with Gasteiger partial charge in [-0.1, -0.05) is 20.8 Å². The number of H-pyrrole nitrogens is 1. The minimum Gasteiger partial charge on any atom is -0.373 e. The predicted octanol–water partition coefficient (Wildman–Crippen LogP) is 2.99. The van der Waals surface area contributed by atoms with Crippen molar-refractivity contribution in [2.24, 2.45) is 5.41 Å². The van der Waals surface area contributed by atoms with Crippen LogP contribution in [0.2, 0.25) is 0 Å². The van der Waals surface area contributed by atoms with Crippen LogP contribution in [-0.2, 0) is 4.74 Å². The fourth-order valence-corrected chi connectivity index (χ4v) is 2.82. The Labute approximate surface area is 121 Å². The fourth-order valence-electron chi connectivity index (χ4n) is 2.12. The molecule has 1 aliphatic carbocycles. The maximum Gasteiger partial charge on any atom is 0.264 e. The van der Waals surface area contributed by atoms with Crippen LogP contribution in [0, 0.1) is 8.99 Å². The summed E-state index contributed by atoms with van der Waals surface area (Å²) in [5.41, 5.74) is 0.799. The predicted molar refractivity (Wildman–Crippen MR) is 78.8 cm³/mol. The second kappa shape index (κ2) is 4.92. The van der Waals surface area contributed by atoms with E-state index in [9.17, 15) is 4.79 Å². The lowest BCUT2D eigenvalue weighted by molar-refractivity contribution is 0.00829. The molecule has 5 heteroatoms. The van der Waals surface area contributed by atoms with E-state index in [4.69, 9.17) is 4.74 Å². The molecule has 1 atom stereocenters. The first-order valence-corrected chi connectivity index (χ1v) is 7.25. The number of nitrogens with zero attached hydrogens (tertiary/aromatic N) is 1. The maximum absolute atomic E-state index is 12.0. The monoisotopic (exact) mass is 362 g/mol. The molecule has 0 bridgehead atoms. The zero-order valence-electron chi connectivity index (χ0n) is 11.2. The molecule has 100 valence electrons. The smallest absolute Gasteiger partial charge is 0.264 e. The number of rotatable bonds is 3. The molecular formula is C13H19IN2O2. The first kappa shape index (κ1) is 14.0. The van der Waals surface area contributed by atoms with Gasteiger partial charge in [0.05, 0.1) is 9.26 Å². The van der Waals surface area contributed by atoms with E-state index in [0.717, 1.165) is 22.1 Å². The average molecular weight is 362 g/mol. The highest BCUT2D eigenvalue weighted by Gasteiger charge is 2.33. The number of halogens is 1. The zero-order valence-corrected chi connectivity index (χ0v) is 13.4. The quantitative estimate of drug-likeness (QED) is 0.842. The van der Waals surface area contributed by atoms with Crippen LogP contribution in [-0.4, -0.2) is 17.1 Å². The summed E-state index contributed by atoms with van der Waals surface area (Å²) < 4.78 is 6.24. The Morgan fingerprint density at radius 3 is 2.50 bits per heavy atom. The Balaban J connectivity index is 2.48. The summed E-state index contributed by atoms with van der Waals surface area (Å²) in [6.07, 6.45) is 2.08. The van der Waals surface area contributed by atoms with E-state index in [-0.39, 0.29) is 17.1 Å². The van der Waals surface area contributed by atoms with Crippen LogP contribution in [0.15, 0.2) is 4.79 Å². The highest BCUT2D eigenvalue weighted by Crippen LogP contribution is 2.41. The molecule has 1 N–H and O–H groups in total. The summed E-state index contributed by atoms with van der Waals surface area (Å²) >= 11 is 2.09. The lowest BCUT2D eigenvalue weighted by Gasteiger charge is -2.28. The van der Waals surface area contributed by atoms with Crippen molar-refractivity contribution in [3.8, 4) is 0 Å². The van der Waals surface area contributed by atoms with Gasteiger partial charge in [-0.2, -0.15) is 0 Å². The summed E-state index contributed by atoms with van der Waals surface area (Å²) in [5.74, 6) is 1.12. The molecule has 1 aromatic heterocycles. The van der Waals surface area contributed by atoms with Gasteiger partial charge < -0.3 is 9.72 Å². The van der Waals surface area contributed by atoms with Crippen molar-refractivity contribution < 1.29 is 4.74 Å². The molecule has 1 unspecified atom stereocenters. The van der Waals surface area contributed by atoms with Crippen molar-refractivity contribution in [3.05, 3.63) is 25.4 Å². The highest BCUT2D eigenvalue weighted by atomic mass is 127. The lowest BCUT2D eigenvalue weighted by atomic mass is 9.88. The third kappa shape index (κ3) is 2.77. The largest absolute Gasteiger partial charge is 0.373 e. The van der Waals surface area contributed by atoms with Gasteiger partial charge in [0.1, 0.15) is 11.9 Å². The van der Waals surface area contributed by atoms with Crippen molar-refractivity contribution in [3.63, 3.8) is 0 Å². The van der Waals surface area contributed by atoms with E-state index < -0.39 is 0 Å². The molecule has 18 heavy (non-hydrogen) atoms. The van der Waals surface area contributed by atoms with Crippen molar-refractivity contribution in [1.82, 2.24) is 9.97 Å². The standard InChI is InChI=1S/C13H19IN2O2/c1-13(2,3)10(18-4)11-15-9(7-5-6-7)8(14)12(17)16-11/h7,10H,5-6H2,1-4H3,(H,15,16,17). The summed E-state index contributed by atoms with van der Waals surface area (Å²) in [4.78, 5) is 19.5. The van der Waals surface area contributed by atoms with E-state index in [1.54, 1.807) is 7.11 Å². The first-order chi connectivity index (χ1) is 8.34. The summed E-state index contributed by atoms with van der Waals surface area (Å²) in [6, 6.07) is 0. The molecule has 0 amide bonds. The van der Waals surface area contributed by atoms with Gasteiger partial charge >= 0.3 is 0 Å². The average Bonchev–Trinajstić information content (AvgIpc) is 3.05. The molecule has 1 fully saturated rings. The van der Waals surface area contributed by atoms with Gasteiger partial charge in [0.25, 0.3) is 5.56 Å². The summed E-state index contributed by atoms with van der Waals surface area (Å²) in [5, 5.41) is 0. The minimum atomic E-state index is -0.195. The topological polar surface area (TPSA) is 55.0 Å². The van der Waals surface area contributed by atoms with E-state index in [0.29, 0.717) is 11.7 Å². The van der Waals surface area contributed by atoms with Crippen LogP contribution < -0.4 is 5.56 Å². The third-order valence-corrected chi connectivity index (χ3v) is 4.18. The molecule has 1 heterocycles. The number of ether oxygens (including phenoxy) is 1. The number of aromatic nitrogens is 2. The molecule has 1 aromatic rings. The van der Waals surface area contributed by atoms with Gasteiger partial charge in [-0.25, -0.2) is 4.98 Å². The Kier molecular flexibility index (Phi) is 3.82. The summed E-state index contributed by atoms with van der Waals surface area (Å²) in [6.45, 7) is 6.24. The Hall–Kier alpha value is -0.430. The van der Waals surface area contributed by atoms with Crippen molar-refractivity contribution in [2.75, 3.05) is 7.11 Å². The number of methoxy groups -OCH3 is 1. The van der Waals surface area contributed by atoms with E-state index in [1.165, 1.54) is 0 Å². The SMILES string of the molecule is COC(c1nc(C2CC2)c(I)c(=O)[nH]1)C(C)(C)C. The number of aromatic amines is 1. The maximum atomic E-state index is 12.0. The molecule has 1 saturated carbocycles. The molecule has 0 radical (unpaired) electrons. The number of hydrogen-bond donors (Lipinski definition) is 1. The first-order valence-electron chi connectivity index (χ1n) is 6.17. The van der Waals surface area contributed by atoms with Crippen LogP contribution >= 0.6 is 22.6 Å². The van der Waals surface area contributed by atoms with Gasteiger partial charge in [-0.3, -0.25) is 4.79 Å². The molecule has 2 rings (SSSR count). The van der Waals surface area contributed by atoms with Gasteiger partial charge in [-0.15, -0.1) is 0 Å². The molecule has 0 aromatic carbocycles. The van der Waals surface area contributed by atoms with Crippen molar-refractivity contribution in [1.29, 1.82) is 0 Å². The van der Waals surface area contributed by atoms with E-state index >= 15 is 0 Å². The van der Waals surface area contributed by atoms with Gasteiger partial charge in [0.2, 0.25) is 0 Å². The summed E-state index contributed by atoms with van der Waals surface area (Å²) in [7, 11) is 1.66. The lowest BCUT2D eigenvalue weighted by Crippen LogP contribution is -2.27. The van der Waals surface area contributed by atoms with E-state index in [1.807, 2.05) is 0 Å². The molecule has 4 nitrogen and oxygen atoms in total. The van der Waals surface area contributed by atoms with Crippen molar-refractivity contribution >= 4 is 22.6 Å². The number of nitrogens with one attached hydrogen (secondary N) is 1.